The topological polar surface area (TPSA) is 74.7 Å². The first-order chi connectivity index (χ1) is 9.27. The lowest BCUT2D eigenvalue weighted by Gasteiger charge is -2.26. The predicted molar refractivity (Wildman–Crippen MR) is 83.4 cm³/mol. The quantitative estimate of drug-likeness (QED) is 0.827. The molecule has 0 fully saturated rings. The van der Waals surface area contributed by atoms with E-state index in [0.29, 0.717) is 17.7 Å². The summed E-state index contributed by atoms with van der Waals surface area (Å²) in [5.74, 6) is -0.523. The molecule has 0 aliphatic carbocycles. The second-order valence-electron chi connectivity index (χ2n) is 4.42. The van der Waals surface area contributed by atoms with Crippen molar-refractivity contribution in [2.24, 2.45) is 0 Å². The van der Waals surface area contributed by atoms with E-state index in [-0.39, 0.29) is 15.8 Å². The lowest BCUT2D eigenvalue weighted by molar-refractivity contribution is 0.0698. The van der Waals surface area contributed by atoms with Crippen molar-refractivity contribution < 1.29 is 18.3 Å². The van der Waals surface area contributed by atoms with Crippen LogP contribution in [0.4, 0.5) is 0 Å². The maximum Gasteiger partial charge on any atom is 0.347 e. The Morgan fingerprint density at radius 3 is 2.60 bits per heavy atom. The van der Waals surface area contributed by atoms with Gasteiger partial charge in [0.25, 0.3) is 0 Å². The zero-order valence-corrected chi connectivity index (χ0v) is 14.4. The van der Waals surface area contributed by atoms with E-state index in [1.54, 1.807) is 24.1 Å². The number of carboxylic acids is 1. The first-order valence-electron chi connectivity index (χ1n) is 6.05. The van der Waals surface area contributed by atoms with Crippen molar-refractivity contribution in [1.29, 1.82) is 0 Å². The van der Waals surface area contributed by atoms with Crippen LogP contribution in [-0.2, 0) is 10.0 Å². The molecule has 0 spiro atoms. The van der Waals surface area contributed by atoms with Crippen LogP contribution in [0.5, 0.6) is 0 Å². The van der Waals surface area contributed by atoms with Crippen molar-refractivity contribution >= 4 is 39.1 Å². The van der Waals surface area contributed by atoms with Crippen molar-refractivity contribution in [3.8, 4) is 0 Å². The Labute approximate surface area is 128 Å². The van der Waals surface area contributed by atoms with Crippen LogP contribution in [0.15, 0.2) is 10.3 Å². The molecule has 1 heterocycles. The summed E-state index contributed by atoms with van der Waals surface area (Å²) in [6.45, 7) is 3.55. The van der Waals surface area contributed by atoms with Crippen LogP contribution < -0.4 is 0 Å². The van der Waals surface area contributed by atoms with Crippen LogP contribution in [0.1, 0.15) is 28.6 Å². The molecule has 0 amide bonds. The van der Waals surface area contributed by atoms with Gasteiger partial charge in [0.2, 0.25) is 10.0 Å². The van der Waals surface area contributed by atoms with E-state index in [2.05, 4.69) is 0 Å². The van der Waals surface area contributed by atoms with Crippen molar-refractivity contribution in [3.63, 3.8) is 0 Å². The van der Waals surface area contributed by atoms with Gasteiger partial charge in [0.05, 0.1) is 0 Å². The van der Waals surface area contributed by atoms with Gasteiger partial charge in [0.1, 0.15) is 9.77 Å². The zero-order valence-electron chi connectivity index (χ0n) is 11.9. The van der Waals surface area contributed by atoms with Gasteiger partial charge in [-0.2, -0.15) is 16.1 Å². The van der Waals surface area contributed by atoms with Gasteiger partial charge in [0.15, 0.2) is 0 Å². The predicted octanol–water partition coefficient (Wildman–Crippen LogP) is 2.52. The van der Waals surface area contributed by atoms with E-state index < -0.39 is 16.0 Å². The highest BCUT2D eigenvalue weighted by molar-refractivity contribution is 7.98. The number of thiophene rings is 1. The van der Waals surface area contributed by atoms with E-state index in [0.717, 1.165) is 11.3 Å². The van der Waals surface area contributed by atoms with Crippen LogP contribution in [0.2, 0.25) is 0 Å². The summed E-state index contributed by atoms with van der Waals surface area (Å²) in [6.07, 6.45) is 2.60. The van der Waals surface area contributed by atoms with Gasteiger partial charge in [-0.15, -0.1) is 11.3 Å². The molecule has 0 saturated heterocycles. The van der Waals surface area contributed by atoms with Crippen LogP contribution in [0, 0.1) is 6.92 Å². The van der Waals surface area contributed by atoms with Gasteiger partial charge in [-0.1, -0.05) is 6.92 Å². The smallest absolute Gasteiger partial charge is 0.347 e. The van der Waals surface area contributed by atoms with Gasteiger partial charge in [-0.25, -0.2) is 13.2 Å². The first-order valence-corrected chi connectivity index (χ1v) is 9.77. The fourth-order valence-corrected chi connectivity index (χ4v) is 5.86. The minimum atomic E-state index is -3.79. The summed E-state index contributed by atoms with van der Waals surface area (Å²) in [7, 11) is -2.27. The maximum atomic E-state index is 12.7. The normalized spacial score (nSPS) is 13.7. The average Bonchev–Trinajstić information content (AvgIpc) is 2.77. The summed E-state index contributed by atoms with van der Waals surface area (Å²) in [4.78, 5) is 11.0. The third-order valence-electron chi connectivity index (χ3n) is 3.09. The number of hydrogen-bond donors (Lipinski definition) is 1. The molecule has 114 valence electrons. The Hall–Kier alpha value is -0.570. The second-order valence-corrected chi connectivity index (χ2v) is 8.15. The summed E-state index contributed by atoms with van der Waals surface area (Å²) in [5.41, 5.74) is 0.484. The summed E-state index contributed by atoms with van der Waals surface area (Å²) in [5, 5.41) is 10.7. The fraction of sp³-hybridized carbons (Fsp3) is 0.583. The number of carbonyl (C=O) groups is 1. The molecule has 1 N–H and O–H groups in total. The standard InChI is InChI=1S/C12H19NO4S3/c1-5-9(7-18-4)13(3)20(16,17)11-8(2)6-19-10(11)12(14)15/h6,9H,5,7H2,1-4H3,(H,14,15). The summed E-state index contributed by atoms with van der Waals surface area (Å²) < 4.78 is 26.6. The molecule has 0 radical (unpaired) electrons. The zero-order chi connectivity index (χ0) is 15.5. The number of rotatable bonds is 7. The maximum absolute atomic E-state index is 12.7. The molecule has 1 rings (SSSR count). The third-order valence-corrected chi connectivity index (χ3v) is 7.13. The Morgan fingerprint density at radius 2 is 2.15 bits per heavy atom. The molecule has 0 aromatic carbocycles. The van der Waals surface area contributed by atoms with Crippen LogP contribution in [0.3, 0.4) is 0 Å². The number of aromatic carboxylic acids is 1. The molecule has 0 bridgehead atoms. The first kappa shape index (κ1) is 17.5. The molecule has 1 unspecified atom stereocenters. The van der Waals surface area contributed by atoms with E-state index >= 15 is 0 Å². The molecule has 1 aromatic rings. The number of thioether (sulfide) groups is 1. The van der Waals surface area contributed by atoms with Gasteiger partial charge < -0.3 is 5.11 Å². The number of carboxylic acid groups (broad SMARTS) is 1. The number of hydrogen-bond acceptors (Lipinski definition) is 5. The van der Waals surface area contributed by atoms with E-state index in [1.807, 2.05) is 13.2 Å². The minimum absolute atomic E-state index is 0.0722. The average molecular weight is 337 g/mol. The van der Waals surface area contributed by atoms with E-state index in [4.69, 9.17) is 5.11 Å². The monoisotopic (exact) mass is 337 g/mol. The highest BCUT2D eigenvalue weighted by atomic mass is 32.2. The molecule has 5 nitrogen and oxygen atoms in total. The van der Waals surface area contributed by atoms with Gasteiger partial charge >= 0.3 is 5.97 Å². The molecule has 0 aliphatic rings. The van der Waals surface area contributed by atoms with Gasteiger partial charge in [0, 0.05) is 18.8 Å². The van der Waals surface area contributed by atoms with Crippen LogP contribution in [0.25, 0.3) is 0 Å². The van der Waals surface area contributed by atoms with E-state index in [1.165, 1.54) is 11.4 Å². The number of aryl methyl sites for hydroxylation is 1. The highest BCUT2D eigenvalue weighted by Gasteiger charge is 2.33. The van der Waals surface area contributed by atoms with Gasteiger partial charge in [-0.3, -0.25) is 0 Å². The SMILES string of the molecule is CCC(CSC)N(C)S(=O)(=O)c1c(C)csc1C(=O)O. The van der Waals surface area contributed by atoms with Crippen molar-refractivity contribution in [2.75, 3.05) is 19.1 Å². The largest absolute Gasteiger partial charge is 0.477 e. The summed E-state index contributed by atoms with van der Waals surface area (Å²) in [6, 6.07) is -0.143. The van der Waals surface area contributed by atoms with Crippen LogP contribution in [-0.4, -0.2) is 48.9 Å². The van der Waals surface area contributed by atoms with Crippen molar-refractivity contribution in [2.45, 2.75) is 31.2 Å². The number of nitrogens with zero attached hydrogens (tertiary/aromatic N) is 1. The minimum Gasteiger partial charge on any atom is -0.477 e. The fourth-order valence-electron chi connectivity index (χ4n) is 1.91. The van der Waals surface area contributed by atoms with Crippen LogP contribution >= 0.6 is 23.1 Å². The Morgan fingerprint density at radius 1 is 1.55 bits per heavy atom. The molecule has 0 aliphatic heterocycles. The molecule has 20 heavy (non-hydrogen) atoms. The molecule has 8 heteroatoms. The molecular formula is C12H19NO4S3. The molecule has 1 atom stereocenters. The van der Waals surface area contributed by atoms with Crippen molar-refractivity contribution in [1.82, 2.24) is 4.31 Å². The third kappa shape index (κ3) is 3.36. The molecule has 1 aromatic heterocycles. The van der Waals surface area contributed by atoms with Gasteiger partial charge in [-0.05, 0) is 30.5 Å². The highest BCUT2D eigenvalue weighted by Crippen LogP contribution is 2.30. The van der Waals surface area contributed by atoms with E-state index in [9.17, 15) is 13.2 Å². The molecular weight excluding hydrogens is 318 g/mol. The Bertz CT molecular complexity index is 580. The lowest BCUT2D eigenvalue weighted by Crippen LogP contribution is -2.38. The molecule has 0 saturated carbocycles. The van der Waals surface area contributed by atoms with Crippen molar-refractivity contribution in [3.05, 3.63) is 15.8 Å². The summed E-state index contributed by atoms with van der Waals surface area (Å²) >= 11 is 2.52. The Kier molecular flexibility index (Phi) is 6.06. The lowest BCUT2D eigenvalue weighted by atomic mass is 10.3. The Balaban J connectivity index is 3.29. The number of sulfonamides is 1. The second kappa shape index (κ2) is 6.93.